The summed E-state index contributed by atoms with van der Waals surface area (Å²) in [6.07, 6.45) is 30.8. The first-order chi connectivity index (χ1) is 38.9. The van der Waals surface area contributed by atoms with Crippen molar-refractivity contribution in [1.82, 2.24) is 0 Å². The van der Waals surface area contributed by atoms with Gasteiger partial charge in [0, 0.05) is 5.56 Å². The van der Waals surface area contributed by atoms with Crippen molar-refractivity contribution in [2.75, 3.05) is 0 Å². The highest BCUT2D eigenvalue weighted by molar-refractivity contribution is 5.45. The number of ether oxygens (including phenoxy) is 2. The number of rotatable bonds is 18. The van der Waals surface area contributed by atoms with Crippen molar-refractivity contribution in [1.29, 1.82) is 0 Å². The van der Waals surface area contributed by atoms with Gasteiger partial charge in [0.15, 0.2) is 5.79 Å². The molecule has 1 aliphatic heterocycles. The summed E-state index contributed by atoms with van der Waals surface area (Å²) >= 11 is 0. The van der Waals surface area contributed by atoms with Crippen LogP contribution in [0.1, 0.15) is 293 Å². The van der Waals surface area contributed by atoms with E-state index in [1.807, 2.05) is 27.7 Å². The summed E-state index contributed by atoms with van der Waals surface area (Å²) in [5, 5.41) is 27.6. The van der Waals surface area contributed by atoms with E-state index < -0.39 is 29.2 Å². The van der Waals surface area contributed by atoms with E-state index in [-0.39, 0.29) is 0 Å². The van der Waals surface area contributed by atoms with Gasteiger partial charge in [-0.1, -0.05) is 260 Å². The van der Waals surface area contributed by atoms with E-state index in [1.54, 1.807) is 0 Å². The van der Waals surface area contributed by atoms with Crippen molar-refractivity contribution >= 4 is 0 Å². The molecule has 4 aromatic rings. The Morgan fingerprint density at radius 2 is 0.926 bits per heavy atom. The molecule has 5 fully saturated rings. The molecule has 5 unspecified atom stereocenters. The van der Waals surface area contributed by atoms with Crippen LogP contribution in [-0.4, -0.2) is 22.4 Å². The molecule has 0 amide bonds. The van der Waals surface area contributed by atoms with Crippen molar-refractivity contribution < 1.29 is 19.7 Å². The molecule has 4 saturated carbocycles. The molecular formula is C77H114O4. The van der Waals surface area contributed by atoms with Crippen LogP contribution >= 0.6 is 0 Å². The summed E-state index contributed by atoms with van der Waals surface area (Å²) in [6, 6.07) is 35.1. The first-order valence-electron chi connectivity index (χ1n) is 33.4. The van der Waals surface area contributed by atoms with Crippen LogP contribution in [0.3, 0.4) is 0 Å². The summed E-state index contributed by atoms with van der Waals surface area (Å²) < 4.78 is 14.8. The monoisotopic (exact) mass is 1100 g/mol. The summed E-state index contributed by atoms with van der Waals surface area (Å²) in [7, 11) is 0. The SMILES string of the molecule is CC.CC1CCC(c2ccc(C3(C)OC(C(C)(O)c4cccc(C5CCC(C)CC5)c4)[C@H](C(O)(c4cccc(C5CCC(C)CC5)c4)c4cccc(C5CCC(C)CC5)c4)O3)cc2)CC1.CCC(C)CCCC(C)C/C=C\C=C(C)C. The molecule has 4 aliphatic carbocycles. The van der Waals surface area contributed by atoms with E-state index in [9.17, 15) is 10.2 Å². The average molecular weight is 1100 g/mol. The Bertz CT molecular complexity index is 2470. The number of hydrogen-bond acceptors (Lipinski definition) is 4. The lowest BCUT2D eigenvalue weighted by Gasteiger charge is -2.41. The minimum Gasteiger partial charge on any atom is -0.383 e. The fraction of sp³-hybridized carbons (Fsp3) is 0.636. The molecule has 6 atom stereocenters. The van der Waals surface area contributed by atoms with Crippen LogP contribution in [0, 0.1) is 35.5 Å². The number of allylic oxidation sites excluding steroid dienone is 4. The van der Waals surface area contributed by atoms with E-state index in [0.29, 0.717) is 23.7 Å². The van der Waals surface area contributed by atoms with Crippen LogP contribution in [0.5, 0.6) is 0 Å². The van der Waals surface area contributed by atoms with E-state index >= 15 is 0 Å². The normalized spacial score (nSPS) is 30.1. The van der Waals surface area contributed by atoms with Crippen LogP contribution in [-0.2, 0) is 26.5 Å². The maximum absolute atomic E-state index is 14.2. The Morgan fingerprint density at radius 3 is 1.35 bits per heavy atom. The molecule has 1 saturated heterocycles. The van der Waals surface area contributed by atoms with Gasteiger partial charge in [-0.25, -0.2) is 0 Å². The fourth-order valence-electron chi connectivity index (χ4n) is 14.5. The Morgan fingerprint density at radius 1 is 0.543 bits per heavy atom. The summed E-state index contributed by atoms with van der Waals surface area (Å²) in [5.41, 5.74) is 6.75. The summed E-state index contributed by atoms with van der Waals surface area (Å²) in [4.78, 5) is 0. The summed E-state index contributed by atoms with van der Waals surface area (Å²) in [6.45, 7) is 28.7. The Kier molecular flexibility index (Phi) is 24.2. The minimum atomic E-state index is -1.65. The van der Waals surface area contributed by atoms with Gasteiger partial charge in [-0.3, -0.25) is 0 Å². The molecule has 446 valence electrons. The first kappa shape index (κ1) is 64.8. The molecular weight excluding hydrogens is 989 g/mol. The molecule has 9 rings (SSSR count). The molecule has 4 aromatic carbocycles. The van der Waals surface area contributed by atoms with Crippen LogP contribution in [0.25, 0.3) is 0 Å². The van der Waals surface area contributed by atoms with E-state index in [1.165, 1.54) is 137 Å². The third-order valence-corrected chi connectivity index (χ3v) is 20.6. The molecule has 0 spiro atoms. The Balaban J connectivity index is 0.000000455. The highest BCUT2D eigenvalue weighted by atomic mass is 16.8. The van der Waals surface area contributed by atoms with Gasteiger partial charge in [0.05, 0.1) is 0 Å². The van der Waals surface area contributed by atoms with Crippen LogP contribution < -0.4 is 0 Å². The molecule has 0 radical (unpaired) electrons. The molecule has 4 heteroatoms. The number of hydrogen-bond donors (Lipinski definition) is 2. The van der Waals surface area contributed by atoms with Crippen LogP contribution in [0.4, 0.5) is 0 Å². The molecule has 2 N–H and O–H groups in total. The lowest BCUT2D eigenvalue weighted by atomic mass is 9.72. The van der Waals surface area contributed by atoms with E-state index in [4.69, 9.17) is 9.47 Å². The maximum atomic E-state index is 14.2. The van der Waals surface area contributed by atoms with Gasteiger partial charge >= 0.3 is 0 Å². The lowest BCUT2D eigenvalue weighted by molar-refractivity contribution is -0.194. The van der Waals surface area contributed by atoms with Crippen molar-refractivity contribution in [2.24, 2.45) is 35.5 Å². The minimum absolute atomic E-state index is 0.447. The molecule has 81 heavy (non-hydrogen) atoms. The van der Waals surface area contributed by atoms with Crippen molar-refractivity contribution in [3.05, 3.63) is 165 Å². The predicted octanol–water partition coefficient (Wildman–Crippen LogP) is 21.4. The van der Waals surface area contributed by atoms with E-state index in [0.717, 1.165) is 83.4 Å². The third kappa shape index (κ3) is 17.0. The predicted molar refractivity (Wildman–Crippen MR) is 344 cm³/mol. The highest BCUT2D eigenvalue weighted by Crippen LogP contribution is 2.53. The van der Waals surface area contributed by atoms with Gasteiger partial charge in [0.25, 0.3) is 0 Å². The van der Waals surface area contributed by atoms with Gasteiger partial charge < -0.3 is 19.7 Å². The van der Waals surface area contributed by atoms with Gasteiger partial charge in [0.1, 0.15) is 23.4 Å². The molecule has 1 heterocycles. The standard InChI is InChI=1S/C59H78O4.C16H30.C2H6/c1-39-16-24-43(25-17-39)44-32-34-51(35-33-44)58(6)62-55(57(5,60)52-13-7-10-48(36-52)45-26-18-40(2)19-27-45)56(63-58)59(61,53-14-8-11-49(37-53)46-28-20-41(3)21-29-46)54-15-9-12-50(38-54)47-30-22-42(4)23-31-47;1-6-15(4)12-9-13-16(5)11-8-7-10-14(2)3;1-2/h7-15,32-43,45-47,55-56,60-61H,16-31H2,1-6H3;7-8,10,15-16H,6,9,11-13H2,1-5H3;1-2H3/b;8-7-;/t39?,40?,41?,42?,43?,45?,46?,47?,55?,56-,57?,58?,59?;;/m1../s1. The zero-order valence-electron chi connectivity index (χ0n) is 53.5. The van der Waals surface area contributed by atoms with Crippen molar-refractivity contribution in [3.63, 3.8) is 0 Å². The van der Waals surface area contributed by atoms with E-state index in [2.05, 4.69) is 178 Å². The van der Waals surface area contributed by atoms with Gasteiger partial charge in [0.2, 0.25) is 0 Å². The van der Waals surface area contributed by atoms with Gasteiger partial charge in [-0.05, 0) is 184 Å². The average Bonchev–Trinajstić information content (AvgIpc) is 4.05. The summed E-state index contributed by atoms with van der Waals surface area (Å²) in [5.74, 6) is 5.49. The molecule has 4 nitrogen and oxygen atoms in total. The second-order valence-electron chi connectivity index (χ2n) is 27.7. The first-order valence-corrected chi connectivity index (χ1v) is 33.4. The lowest BCUT2D eigenvalue weighted by Crippen LogP contribution is -2.53. The van der Waals surface area contributed by atoms with Gasteiger partial charge in [-0.2, -0.15) is 0 Å². The Hall–Kier alpha value is -3.80. The third-order valence-electron chi connectivity index (χ3n) is 20.6. The van der Waals surface area contributed by atoms with Gasteiger partial charge in [-0.15, -0.1) is 0 Å². The fourth-order valence-corrected chi connectivity index (χ4v) is 14.5. The zero-order valence-corrected chi connectivity index (χ0v) is 53.5. The maximum Gasteiger partial charge on any atom is 0.193 e. The number of benzene rings is 4. The van der Waals surface area contributed by atoms with Crippen molar-refractivity contribution in [2.45, 2.75) is 278 Å². The quantitative estimate of drug-likeness (QED) is 0.0975. The second-order valence-corrected chi connectivity index (χ2v) is 27.7. The van der Waals surface area contributed by atoms with Crippen molar-refractivity contribution in [3.8, 4) is 0 Å². The highest BCUT2D eigenvalue weighted by Gasteiger charge is 2.61. The van der Waals surface area contributed by atoms with Crippen LogP contribution in [0.2, 0.25) is 0 Å². The smallest absolute Gasteiger partial charge is 0.193 e. The zero-order chi connectivity index (χ0) is 58.3. The second kappa shape index (κ2) is 30.3. The topological polar surface area (TPSA) is 58.9 Å². The molecule has 0 bridgehead atoms. The van der Waals surface area contributed by atoms with Crippen LogP contribution in [0.15, 0.2) is 121 Å². The largest absolute Gasteiger partial charge is 0.383 e. The number of aliphatic hydroxyl groups is 2. The molecule has 0 aromatic heterocycles. The Labute approximate surface area is 495 Å². The molecule has 5 aliphatic rings.